The lowest BCUT2D eigenvalue weighted by molar-refractivity contribution is 0.417. The van der Waals surface area contributed by atoms with Gasteiger partial charge in [-0.2, -0.15) is 0 Å². The first-order valence-electron chi connectivity index (χ1n) is 7.10. The number of nitrogens with one attached hydrogen (secondary N) is 1. The fourth-order valence-corrected chi connectivity index (χ4v) is 3.42. The molecule has 0 atom stereocenters. The molecule has 2 aromatic carbocycles. The second kappa shape index (κ2) is 6.01. The Hall–Kier alpha value is -2.80. The van der Waals surface area contributed by atoms with Crippen molar-refractivity contribution in [1.82, 2.24) is 0 Å². The number of fused-ring (bicyclic) bond motifs is 1. The molecule has 3 aromatic rings. The first kappa shape index (κ1) is 16.1. The summed E-state index contributed by atoms with van der Waals surface area (Å²) in [6.45, 7) is 1.86. The van der Waals surface area contributed by atoms with Crippen LogP contribution in [-0.4, -0.2) is 15.5 Å². The van der Waals surface area contributed by atoms with Crippen molar-refractivity contribution in [3.63, 3.8) is 0 Å². The SMILES string of the molecule is COc1ccc(C)cc1NS(=O)(=O)c1ccc2oc(=O)ccc2c1. The molecule has 0 aliphatic heterocycles. The van der Waals surface area contributed by atoms with E-state index in [4.69, 9.17) is 9.15 Å². The van der Waals surface area contributed by atoms with Crippen molar-refractivity contribution in [2.45, 2.75) is 11.8 Å². The van der Waals surface area contributed by atoms with Gasteiger partial charge in [0.25, 0.3) is 10.0 Å². The molecule has 6 nitrogen and oxygen atoms in total. The lowest BCUT2D eigenvalue weighted by atomic mass is 10.2. The molecule has 1 heterocycles. The van der Waals surface area contributed by atoms with Crippen LogP contribution in [0.3, 0.4) is 0 Å². The summed E-state index contributed by atoms with van der Waals surface area (Å²) in [5.41, 5.74) is 1.10. The Bertz CT molecular complexity index is 1070. The third kappa shape index (κ3) is 3.11. The van der Waals surface area contributed by atoms with Crippen molar-refractivity contribution >= 4 is 26.7 Å². The molecule has 0 bridgehead atoms. The van der Waals surface area contributed by atoms with Gasteiger partial charge in [-0.15, -0.1) is 0 Å². The Labute approximate surface area is 138 Å². The Morgan fingerprint density at radius 1 is 1.04 bits per heavy atom. The number of aryl methyl sites for hydroxylation is 1. The van der Waals surface area contributed by atoms with E-state index in [0.717, 1.165) is 5.56 Å². The number of hydrogen-bond acceptors (Lipinski definition) is 5. The number of hydrogen-bond donors (Lipinski definition) is 1. The van der Waals surface area contributed by atoms with Crippen molar-refractivity contribution in [3.05, 3.63) is 64.5 Å². The predicted molar refractivity (Wildman–Crippen MR) is 91.0 cm³/mol. The highest BCUT2D eigenvalue weighted by atomic mass is 32.2. The van der Waals surface area contributed by atoms with Crippen LogP contribution in [0, 0.1) is 6.92 Å². The van der Waals surface area contributed by atoms with E-state index in [2.05, 4.69) is 4.72 Å². The molecular formula is C17H15NO5S. The van der Waals surface area contributed by atoms with Crippen molar-refractivity contribution in [3.8, 4) is 5.75 Å². The minimum absolute atomic E-state index is 0.0624. The molecule has 0 unspecified atom stereocenters. The quantitative estimate of drug-likeness (QED) is 0.735. The third-order valence-corrected chi connectivity index (χ3v) is 4.86. The van der Waals surface area contributed by atoms with Crippen LogP contribution in [0.5, 0.6) is 5.75 Å². The standard InChI is InChI=1S/C17H15NO5S/c1-11-3-6-16(22-2)14(9-11)18-24(20,21)13-5-7-15-12(10-13)4-8-17(19)23-15/h3-10,18H,1-2H3. The van der Waals surface area contributed by atoms with E-state index in [9.17, 15) is 13.2 Å². The maximum absolute atomic E-state index is 12.6. The van der Waals surface area contributed by atoms with Gasteiger partial charge in [-0.25, -0.2) is 13.2 Å². The molecule has 1 aromatic heterocycles. The van der Waals surface area contributed by atoms with Gasteiger partial charge in [-0.1, -0.05) is 6.07 Å². The second-order valence-electron chi connectivity index (χ2n) is 5.26. The average Bonchev–Trinajstić information content (AvgIpc) is 2.54. The highest BCUT2D eigenvalue weighted by Crippen LogP contribution is 2.28. The summed E-state index contributed by atoms with van der Waals surface area (Å²) in [6.07, 6.45) is 0. The number of ether oxygens (including phenoxy) is 1. The summed E-state index contributed by atoms with van der Waals surface area (Å²) in [4.78, 5) is 11.3. The predicted octanol–water partition coefficient (Wildman–Crippen LogP) is 2.91. The van der Waals surface area contributed by atoms with Crippen molar-refractivity contribution in [2.75, 3.05) is 11.8 Å². The molecule has 3 rings (SSSR count). The Balaban J connectivity index is 2.03. The highest BCUT2D eigenvalue weighted by Gasteiger charge is 2.17. The van der Waals surface area contributed by atoms with E-state index >= 15 is 0 Å². The first-order valence-corrected chi connectivity index (χ1v) is 8.59. The Morgan fingerprint density at radius 2 is 1.83 bits per heavy atom. The van der Waals surface area contributed by atoms with Gasteiger partial charge in [0.2, 0.25) is 0 Å². The fraction of sp³-hybridized carbons (Fsp3) is 0.118. The van der Waals surface area contributed by atoms with Crippen molar-refractivity contribution in [1.29, 1.82) is 0 Å². The molecule has 0 saturated carbocycles. The molecule has 1 N–H and O–H groups in total. The van der Waals surface area contributed by atoms with Gasteiger partial charge in [0.15, 0.2) is 0 Å². The number of methoxy groups -OCH3 is 1. The van der Waals surface area contributed by atoms with Crippen molar-refractivity contribution in [2.24, 2.45) is 0 Å². The molecule has 7 heteroatoms. The lowest BCUT2D eigenvalue weighted by Gasteiger charge is -2.13. The molecule has 0 fully saturated rings. The zero-order chi connectivity index (χ0) is 17.3. The van der Waals surface area contributed by atoms with Gasteiger partial charge in [0.1, 0.15) is 11.3 Å². The molecular weight excluding hydrogens is 330 g/mol. The monoisotopic (exact) mass is 345 g/mol. The summed E-state index contributed by atoms with van der Waals surface area (Å²) in [7, 11) is -2.34. The average molecular weight is 345 g/mol. The second-order valence-corrected chi connectivity index (χ2v) is 6.95. The van der Waals surface area contributed by atoms with E-state index in [-0.39, 0.29) is 4.90 Å². The Morgan fingerprint density at radius 3 is 2.58 bits per heavy atom. The number of rotatable bonds is 4. The van der Waals surface area contributed by atoms with Crippen LogP contribution in [0.15, 0.2) is 62.6 Å². The summed E-state index contributed by atoms with van der Waals surface area (Å²) in [5, 5.41) is 0.522. The largest absolute Gasteiger partial charge is 0.495 e. The van der Waals surface area contributed by atoms with Gasteiger partial charge < -0.3 is 9.15 Å². The van der Waals surface area contributed by atoms with Crippen molar-refractivity contribution < 1.29 is 17.6 Å². The lowest BCUT2D eigenvalue weighted by Crippen LogP contribution is -2.13. The summed E-state index contributed by atoms with van der Waals surface area (Å²) < 4.78 is 38.0. The van der Waals surface area contributed by atoms with Crippen LogP contribution in [0.2, 0.25) is 0 Å². The molecule has 0 spiro atoms. The smallest absolute Gasteiger partial charge is 0.336 e. The fourth-order valence-electron chi connectivity index (χ4n) is 2.32. The van der Waals surface area contributed by atoms with Gasteiger partial charge in [0.05, 0.1) is 17.7 Å². The zero-order valence-electron chi connectivity index (χ0n) is 13.1. The van der Waals surface area contributed by atoms with Crippen LogP contribution >= 0.6 is 0 Å². The van der Waals surface area contributed by atoms with E-state index < -0.39 is 15.6 Å². The minimum Gasteiger partial charge on any atom is -0.495 e. The topological polar surface area (TPSA) is 85.6 Å². The van der Waals surface area contributed by atoms with E-state index in [0.29, 0.717) is 22.4 Å². The number of anilines is 1. The maximum atomic E-state index is 12.6. The summed E-state index contributed by atoms with van der Waals surface area (Å²) in [6, 6.07) is 12.3. The third-order valence-electron chi connectivity index (χ3n) is 3.50. The summed E-state index contributed by atoms with van der Waals surface area (Å²) >= 11 is 0. The first-order chi connectivity index (χ1) is 11.4. The summed E-state index contributed by atoms with van der Waals surface area (Å²) in [5.74, 6) is 0.427. The van der Waals surface area contributed by atoms with Crippen LogP contribution in [0.1, 0.15) is 5.56 Å². The van der Waals surface area contributed by atoms with Gasteiger partial charge >= 0.3 is 5.63 Å². The normalized spacial score (nSPS) is 11.4. The molecule has 0 amide bonds. The van der Waals surface area contributed by atoms with E-state index in [1.54, 1.807) is 12.1 Å². The van der Waals surface area contributed by atoms with Crippen LogP contribution in [0.25, 0.3) is 11.0 Å². The number of sulfonamides is 1. The molecule has 24 heavy (non-hydrogen) atoms. The van der Waals surface area contributed by atoms with Crippen LogP contribution in [-0.2, 0) is 10.0 Å². The van der Waals surface area contributed by atoms with E-state index in [1.165, 1.54) is 37.4 Å². The van der Waals surface area contributed by atoms with Gasteiger partial charge in [-0.05, 0) is 48.9 Å². The van der Waals surface area contributed by atoms with Gasteiger partial charge in [0, 0.05) is 11.5 Å². The molecule has 124 valence electrons. The van der Waals surface area contributed by atoms with E-state index in [1.807, 2.05) is 13.0 Å². The maximum Gasteiger partial charge on any atom is 0.336 e. The molecule has 0 saturated heterocycles. The number of benzene rings is 2. The molecule has 0 aliphatic carbocycles. The highest BCUT2D eigenvalue weighted by molar-refractivity contribution is 7.92. The van der Waals surface area contributed by atoms with Crippen LogP contribution < -0.4 is 15.1 Å². The van der Waals surface area contributed by atoms with Crippen LogP contribution in [0.4, 0.5) is 5.69 Å². The zero-order valence-corrected chi connectivity index (χ0v) is 13.9. The van der Waals surface area contributed by atoms with Gasteiger partial charge in [-0.3, -0.25) is 4.72 Å². The molecule has 0 aliphatic rings. The minimum atomic E-state index is -3.81. The Kier molecular flexibility index (Phi) is 4.02. The molecule has 0 radical (unpaired) electrons.